The normalized spacial score (nSPS) is 19.3. The number of benzene rings is 2. The predicted molar refractivity (Wildman–Crippen MR) is 144 cm³/mol. The first-order chi connectivity index (χ1) is 18.6. The number of ether oxygens (including phenoxy) is 1. The summed E-state index contributed by atoms with van der Waals surface area (Å²) in [4.78, 5) is 23.3. The number of fused-ring (bicyclic) bond motifs is 2. The van der Waals surface area contributed by atoms with Crippen molar-refractivity contribution in [1.29, 1.82) is 0 Å². The highest BCUT2D eigenvalue weighted by Crippen LogP contribution is 2.51. The Balaban J connectivity index is 1.09. The molecule has 1 atom stereocenters. The first kappa shape index (κ1) is 24.4. The lowest BCUT2D eigenvalue weighted by Gasteiger charge is -2.42. The Morgan fingerprint density at radius 3 is 2.84 bits per heavy atom. The lowest BCUT2D eigenvalue weighted by molar-refractivity contribution is 0.0946. The van der Waals surface area contributed by atoms with E-state index < -0.39 is 0 Å². The lowest BCUT2D eigenvalue weighted by atomic mass is 9.73. The van der Waals surface area contributed by atoms with Crippen LogP contribution in [0.5, 0.6) is 5.75 Å². The van der Waals surface area contributed by atoms with E-state index in [0.717, 1.165) is 44.3 Å². The van der Waals surface area contributed by atoms with Crippen LogP contribution in [0.3, 0.4) is 0 Å². The van der Waals surface area contributed by atoms with Gasteiger partial charge in [0.1, 0.15) is 23.7 Å². The first-order valence-electron chi connectivity index (χ1n) is 13.1. The Morgan fingerprint density at radius 1 is 1.18 bits per heavy atom. The molecule has 1 fully saturated rings. The molecule has 4 N–H and O–H groups in total. The minimum Gasteiger partial charge on any atom is -0.481 e. The van der Waals surface area contributed by atoms with Crippen LogP contribution in [-0.4, -0.2) is 47.2 Å². The number of aliphatic hydroxyl groups excluding tert-OH is 1. The molecule has 3 aromatic rings. The Kier molecular flexibility index (Phi) is 6.48. The molecule has 0 unspecified atom stereocenters. The van der Waals surface area contributed by atoms with Crippen molar-refractivity contribution in [1.82, 2.24) is 15.3 Å². The van der Waals surface area contributed by atoms with Crippen LogP contribution < -0.4 is 20.7 Å². The number of carbonyl (C=O) groups is 1. The van der Waals surface area contributed by atoms with Gasteiger partial charge >= 0.3 is 0 Å². The standard InChI is InChI=1S/C30H31N5O3/c31-27-24-6-2-1-4-21(24)17-30(27)10-13-35(14-11-30)28-26(19-36)34-22(18-33-28)5-3-15-38-23-7-8-25-20(16-23)9-12-32-29(25)37/h1-2,4,6-8,16,18,27,36H,9-15,17,19,31H2,(H,32,37)/t27-/m1/s1. The monoisotopic (exact) mass is 509 g/mol. The van der Waals surface area contributed by atoms with Crippen molar-refractivity contribution in [3.8, 4) is 17.6 Å². The van der Waals surface area contributed by atoms with E-state index >= 15 is 0 Å². The molecule has 0 saturated carbocycles. The molecule has 1 amide bonds. The van der Waals surface area contributed by atoms with Crippen LogP contribution in [0.1, 0.15) is 57.3 Å². The average molecular weight is 510 g/mol. The quantitative estimate of drug-likeness (QED) is 0.463. The Labute approximate surface area is 222 Å². The number of nitrogens with zero attached hydrogens (tertiary/aromatic N) is 3. The number of aliphatic hydroxyl groups is 1. The molecular formula is C30H31N5O3. The molecule has 1 aliphatic carbocycles. The Bertz CT molecular complexity index is 1440. The van der Waals surface area contributed by atoms with E-state index in [1.54, 1.807) is 18.3 Å². The number of anilines is 1. The van der Waals surface area contributed by atoms with Gasteiger partial charge in [-0.2, -0.15) is 0 Å². The summed E-state index contributed by atoms with van der Waals surface area (Å²) in [6, 6.07) is 14.0. The third-order valence-electron chi connectivity index (χ3n) is 8.15. The van der Waals surface area contributed by atoms with E-state index in [4.69, 9.17) is 10.5 Å². The number of rotatable bonds is 4. The zero-order valence-electron chi connectivity index (χ0n) is 21.2. The molecule has 8 nitrogen and oxygen atoms in total. The number of amides is 1. The van der Waals surface area contributed by atoms with Gasteiger partial charge in [0.15, 0.2) is 5.82 Å². The summed E-state index contributed by atoms with van der Waals surface area (Å²) < 4.78 is 5.76. The fourth-order valence-corrected chi connectivity index (χ4v) is 6.06. The Hall–Kier alpha value is -3.93. The van der Waals surface area contributed by atoms with Gasteiger partial charge in [-0.1, -0.05) is 30.2 Å². The highest BCUT2D eigenvalue weighted by Gasteiger charge is 2.46. The second-order valence-electron chi connectivity index (χ2n) is 10.3. The number of carbonyl (C=O) groups excluding carboxylic acids is 1. The molecule has 3 aliphatic rings. The largest absolute Gasteiger partial charge is 0.481 e. The lowest BCUT2D eigenvalue weighted by Crippen LogP contribution is -2.45. The van der Waals surface area contributed by atoms with Crippen LogP contribution >= 0.6 is 0 Å². The van der Waals surface area contributed by atoms with Gasteiger partial charge in [0.05, 0.1) is 12.8 Å². The molecule has 38 heavy (non-hydrogen) atoms. The van der Waals surface area contributed by atoms with Crippen molar-refractivity contribution in [2.75, 3.05) is 31.1 Å². The van der Waals surface area contributed by atoms with Crippen LogP contribution in [0, 0.1) is 17.3 Å². The summed E-state index contributed by atoms with van der Waals surface area (Å²) in [5, 5.41) is 12.9. The maximum absolute atomic E-state index is 11.9. The van der Waals surface area contributed by atoms with Crippen molar-refractivity contribution in [3.63, 3.8) is 0 Å². The van der Waals surface area contributed by atoms with Gasteiger partial charge in [-0.15, -0.1) is 0 Å². The number of piperidine rings is 1. The molecule has 0 bridgehead atoms. The molecule has 1 aromatic heterocycles. The number of hydrogen-bond donors (Lipinski definition) is 3. The minimum absolute atomic E-state index is 0.0453. The van der Waals surface area contributed by atoms with Gasteiger partial charge in [0.25, 0.3) is 5.91 Å². The molecule has 1 spiro atoms. The van der Waals surface area contributed by atoms with E-state index in [0.29, 0.717) is 35.1 Å². The molecule has 1 saturated heterocycles. The molecular weight excluding hydrogens is 478 g/mol. The van der Waals surface area contributed by atoms with Gasteiger partial charge < -0.3 is 25.8 Å². The smallest absolute Gasteiger partial charge is 0.251 e. The number of aromatic nitrogens is 2. The predicted octanol–water partition coefficient (Wildman–Crippen LogP) is 2.53. The highest BCUT2D eigenvalue weighted by molar-refractivity contribution is 5.96. The van der Waals surface area contributed by atoms with Gasteiger partial charge in [0, 0.05) is 31.2 Å². The molecule has 8 heteroatoms. The van der Waals surface area contributed by atoms with E-state index in [1.165, 1.54) is 11.1 Å². The first-order valence-corrected chi connectivity index (χ1v) is 13.1. The van der Waals surface area contributed by atoms with Crippen LogP contribution in [0.25, 0.3) is 0 Å². The van der Waals surface area contributed by atoms with Crippen LogP contribution in [0.2, 0.25) is 0 Å². The average Bonchev–Trinajstić information content (AvgIpc) is 3.22. The van der Waals surface area contributed by atoms with Gasteiger partial charge in [-0.25, -0.2) is 9.97 Å². The third kappa shape index (κ3) is 4.49. The second kappa shape index (κ2) is 10.1. The van der Waals surface area contributed by atoms with Crippen LogP contribution in [0.4, 0.5) is 5.82 Å². The molecule has 2 aliphatic heterocycles. The molecule has 6 rings (SSSR count). The maximum atomic E-state index is 11.9. The summed E-state index contributed by atoms with van der Waals surface area (Å²) in [5.41, 5.74) is 12.2. The van der Waals surface area contributed by atoms with Crippen molar-refractivity contribution < 1.29 is 14.6 Å². The van der Waals surface area contributed by atoms with Crippen LogP contribution in [0.15, 0.2) is 48.7 Å². The topological polar surface area (TPSA) is 114 Å². The zero-order valence-corrected chi connectivity index (χ0v) is 21.2. The van der Waals surface area contributed by atoms with E-state index in [2.05, 4.69) is 56.3 Å². The molecule has 194 valence electrons. The molecule has 2 aromatic carbocycles. The fourth-order valence-electron chi connectivity index (χ4n) is 6.06. The molecule has 3 heterocycles. The number of nitrogens with two attached hydrogens (primary N) is 1. The zero-order chi connectivity index (χ0) is 26.1. The summed E-state index contributed by atoms with van der Waals surface area (Å²) in [5.74, 6) is 7.31. The SMILES string of the molecule is N[C@@H]1c2ccccc2CC12CCN(c1ncc(C#CCOc3ccc4c(c3)CCNC4=O)nc1CO)CC2. The van der Waals surface area contributed by atoms with E-state index in [-0.39, 0.29) is 30.6 Å². The summed E-state index contributed by atoms with van der Waals surface area (Å²) in [6.07, 6.45) is 5.41. The summed E-state index contributed by atoms with van der Waals surface area (Å²) in [7, 11) is 0. The van der Waals surface area contributed by atoms with Crippen molar-refractivity contribution in [2.45, 2.75) is 38.3 Å². The van der Waals surface area contributed by atoms with Gasteiger partial charge in [-0.3, -0.25) is 4.79 Å². The van der Waals surface area contributed by atoms with Gasteiger partial charge in [-0.05, 0) is 71.9 Å². The van der Waals surface area contributed by atoms with Gasteiger partial charge in [0.2, 0.25) is 0 Å². The number of hydrogen-bond acceptors (Lipinski definition) is 7. The van der Waals surface area contributed by atoms with Crippen LogP contribution in [-0.2, 0) is 19.4 Å². The fraction of sp³-hybridized carbons (Fsp3) is 0.367. The molecule has 0 radical (unpaired) electrons. The number of nitrogens with one attached hydrogen (secondary N) is 1. The van der Waals surface area contributed by atoms with E-state index in [1.807, 2.05) is 6.07 Å². The summed E-state index contributed by atoms with van der Waals surface area (Å²) >= 11 is 0. The highest BCUT2D eigenvalue weighted by atomic mass is 16.5. The second-order valence-corrected chi connectivity index (χ2v) is 10.3. The summed E-state index contributed by atoms with van der Waals surface area (Å²) in [6.45, 7) is 2.26. The Morgan fingerprint density at radius 2 is 2.03 bits per heavy atom. The van der Waals surface area contributed by atoms with Crippen molar-refractivity contribution in [3.05, 3.63) is 82.3 Å². The third-order valence-corrected chi connectivity index (χ3v) is 8.15. The minimum atomic E-state index is -0.205. The van der Waals surface area contributed by atoms with E-state index in [9.17, 15) is 9.90 Å². The maximum Gasteiger partial charge on any atom is 0.251 e. The van der Waals surface area contributed by atoms with Crippen molar-refractivity contribution in [2.24, 2.45) is 11.1 Å². The van der Waals surface area contributed by atoms with Crippen molar-refractivity contribution >= 4 is 11.7 Å².